The van der Waals surface area contributed by atoms with E-state index in [9.17, 15) is 9.18 Å². The first-order valence-electron chi connectivity index (χ1n) is 12.5. The summed E-state index contributed by atoms with van der Waals surface area (Å²) >= 11 is 0. The van der Waals surface area contributed by atoms with Crippen molar-refractivity contribution in [2.75, 3.05) is 26.2 Å². The topological polar surface area (TPSA) is 67.6 Å². The van der Waals surface area contributed by atoms with E-state index < -0.39 is 5.63 Å². The number of ether oxygens (including phenoxy) is 1. The zero-order valence-electron chi connectivity index (χ0n) is 20.2. The zero-order chi connectivity index (χ0) is 24.7. The Morgan fingerprint density at radius 1 is 1.06 bits per heavy atom. The number of piperidine rings is 1. The van der Waals surface area contributed by atoms with E-state index in [2.05, 4.69) is 15.2 Å². The van der Waals surface area contributed by atoms with E-state index in [4.69, 9.17) is 9.15 Å². The minimum atomic E-state index is -0.425. The quantitative estimate of drug-likeness (QED) is 0.264. The third-order valence-corrected chi connectivity index (χ3v) is 6.70. The fourth-order valence-electron chi connectivity index (χ4n) is 4.69. The molecule has 0 radical (unpaired) electrons. The van der Waals surface area contributed by atoms with Crippen molar-refractivity contribution in [3.8, 4) is 16.9 Å². The van der Waals surface area contributed by atoms with Gasteiger partial charge in [-0.3, -0.25) is 4.98 Å². The number of aromatic nitrogens is 1. The number of fused-ring (bicyclic) bond motifs is 1. The largest absolute Gasteiger partial charge is 0.492 e. The van der Waals surface area contributed by atoms with Crippen molar-refractivity contribution in [1.29, 1.82) is 0 Å². The van der Waals surface area contributed by atoms with Gasteiger partial charge in [0.05, 0.1) is 18.1 Å². The second-order valence-corrected chi connectivity index (χ2v) is 9.17. The second kappa shape index (κ2) is 11.5. The first-order valence-corrected chi connectivity index (χ1v) is 12.5. The van der Waals surface area contributed by atoms with Crippen LogP contribution < -0.4 is 15.7 Å². The maximum atomic E-state index is 13.8. The van der Waals surface area contributed by atoms with Crippen molar-refractivity contribution in [2.24, 2.45) is 0 Å². The third-order valence-electron chi connectivity index (χ3n) is 6.70. The van der Waals surface area contributed by atoms with Crippen LogP contribution in [0.4, 0.5) is 4.39 Å². The minimum absolute atomic E-state index is 0.152. The van der Waals surface area contributed by atoms with E-state index >= 15 is 0 Å². The molecule has 4 aromatic rings. The summed E-state index contributed by atoms with van der Waals surface area (Å²) in [6, 6.07) is 18.3. The molecule has 1 aliphatic rings. The van der Waals surface area contributed by atoms with Crippen LogP contribution in [0.3, 0.4) is 0 Å². The molecule has 36 heavy (non-hydrogen) atoms. The van der Waals surface area contributed by atoms with E-state index in [1.165, 1.54) is 12.1 Å². The van der Waals surface area contributed by atoms with Gasteiger partial charge in [-0.25, -0.2) is 9.18 Å². The van der Waals surface area contributed by atoms with E-state index in [0.717, 1.165) is 55.4 Å². The van der Waals surface area contributed by atoms with Crippen LogP contribution in [0.25, 0.3) is 22.1 Å². The smallest absolute Gasteiger partial charge is 0.339 e. The number of pyridine rings is 1. The van der Waals surface area contributed by atoms with Crippen LogP contribution >= 0.6 is 0 Å². The van der Waals surface area contributed by atoms with Gasteiger partial charge in [0, 0.05) is 42.7 Å². The van der Waals surface area contributed by atoms with Crippen LogP contribution in [-0.2, 0) is 6.54 Å². The monoisotopic (exact) mass is 487 g/mol. The molecule has 1 N–H and O–H groups in total. The fourth-order valence-corrected chi connectivity index (χ4v) is 4.69. The highest BCUT2D eigenvalue weighted by atomic mass is 19.1. The van der Waals surface area contributed by atoms with Crippen molar-refractivity contribution >= 4 is 11.0 Å². The Morgan fingerprint density at radius 3 is 2.72 bits per heavy atom. The van der Waals surface area contributed by atoms with Crippen molar-refractivity contribution in [1.82, 2.24) is 15.2 Å². The molecular formula is C29H30FN3O3. The predicted octanol–water partition coefficient (Wildman–Crippen LogP) is 5.02. The molecule has 0 bridgehead atoms. The molecule has 0 spiro atoms. The Hall–Kier alpha value is -3.55. The lowest BCUT2D eigenvalue weighted by Crippen LogP contribution is -2.42. The average Bonchev–Trinajstić information content (AvgIpc) is 2.91. The lowest BCUT2D eigenvalue weighted by Gasteiger charge is -2.32. The number of rotatable bonds is 9. The van der Waals surface area contributed by atoms with Crippen LogP contribution in [0.5, 0.6) is 5.75 Å². The molecule has 1 saturated heterocycles. The Morgan fingerprint density at radius 2 is 1.92 bits per heavy atom. The van der Waals surface area contributed by atoms with Crippen molar-refractivity contribution < 1.29 is 13.5 Å². The molecular weight excluding hydrogens is 457 g/mol. The third kappa shape index (κ3) is 5.98. The minimum Gasteiger partial charge on any atom is -0.492 e. The van der Waals surface area contributed by atoms with Crippen molar-refractivity contribution in [2.45, 2.75) is 31.8 Å². The van der Waals surface area contributed by atoms with E-state index in [0.29, 0.717) is 36.1 Å². The molecule has 0 amide bonds. The van der Waals surface area contributed by atoms with Gasteiger partial charge in [0.1, 0.15) is 17.1 Å². The molecule has 2 aromatic heterocycles. The lowest BCUT2D eigenvalue weighted by atomic mass is 10.0. The molecule has 0 saturated carbocycles. The summed E-state index contributed by atoms with van der Waals surface area (Å²) in [6.45, 7) is 4.03. The van der Waals surface area contributed by atoms with Gasteiger partial charge >= 0.3 is 5.63 Å². The number of hydrogen-bond acceptors (Lipinski definition) is 6. The summed E-state index contributed by atoms with van der Waals surface area (Å²) in [5.74, 6) is 0.398. The highest BCUT2D eigenvalue weighted by Gasteiger charge is 2.19. The number of hydrogen-bond donors (Lipinski definition) is 1. The molecule has 1 aliphatic heterocycles. The molecule has 0 aliphatic carbocycles. The highest BCUT2D eigenvalue weighted by molar-refractivity contribution is 5.87. The van der Waals surface area contributed by atoms with Crippen molar-refractivity contribution in [3.63, 3.8) is 0 Å². The Bertz CT molecular complexity index is 1350. The summed E-state index contributed by atoms with van der Waals surface area (Å²) in [4.78, 5) is 18.7. The fraction of sp³-hybridized carbons (Fsp3) is 0.310. The highest BCUT2D eigenvalue weighted by Crippen LogP contribution is 2.28. The summed E-state index contributed by atoms with van der Waals surface area (Å²) < 4.78 is 25.3. The van der Waals surface area contributed by atoms with Crippen molar-refractivity contribution in [3.05, 3.63) is 94.9 Å². The molecule has 1 fully saturated rings. The number of nitrogens with zero attached hydrogens (tertiary/aromatic N) is 2. The maximum Gasteiger partial charge on any atom is 0.339 e. The van der Waals surface area contributed by atoms with E-state index in [1.807, 2.05) is 42.5 Å². The van der Waals surface area contributed by atoms with Gasteiger partial charge in [0.2, 0.25) is 0 Å². The Kier molecular flexibility index (Phi) is 7.69. The average molecular weight is 488 g/mol. The maximum absolute atomic E-state index is 13.8. The normalized spacial score (nSPS) is 14.8. The standard InChI is InChI=1S/C29H30FN3O3/c30-26-7-2-1-5-23(26)20-32-24-10-14-33(15-11-24)13-4-16-35-27-18-29(34)36-28-17-21(8-9-25(27)28)22-6-3-12-31-19-22/h1-3,5-9,12,17-19,24,32H,4,10-11,13-16,20H2. The Labute approximate surface area is 209 Å². The molecule has 3 heterocycles. The van der Waals surface area contributed by atoms with Crippen LogP contribution in [0.15, 0.2) is 82.3 Å². The van der Waals surface area contributed by atoms with Gasteiger partial charge in [-0.2, -0.15) is 0 Å². The summed E-state index contributed by atoms with van der Waals surface area (Å²) in [6.07, 6.45) is 6.45. The summed E-state index contributed by atoms with van der Waals surface area (Å²) in [5.41, 5.74) is 2.68. The number of nitrogens with one attached hydrogen (secondary N) is 1. The van der Waals surface area contributed by atoms with Gasteiger partial charge < -0.3 is 19.4 Å². The van der Waals surface area contributed by atoms with Gasteiger partial charge in [-0.15, -0.1) is 0 Å². The van der Waals surface area contributed by atoms with E-state index in [-0.39, 0.29) is 5.82 Å². The second-order valence-electron chi connectivity index (χ2n) is 9.17. The molecule has 0 atom stereocenters. The number of halogens is 1. The molecule has 0 unspecified atom stereocenters. The molecule has 6 nitrogen and oxygen atoms in total. The molecule has 5 rings (SSSR count). The molecule has 7 heteroatoms. The van der Waals surface area contributed by atoms with Crippen LogP contribution in [-0.4, -0.2) is 42.2 Å². The van der Waals surface area contributed by atoms with Crippen LogP contribution in [0, 0.1) is 5.82 Å². The summed E-state index contributed by atoms with van der Waals surface area (Å²) in [7, 11) is 0. The lowest BCUT2D eigenvalue weighted by molar-refractivity contribution is 0.181. The van der Waals surface area contributed by atoms with Gasteiger partial charge in [0.25, 0.3) is 0 Å². The van der Waals surface area contributed by atoms with Crippen LogP contribution in [0.1, 0.15) is 24.8 Å². The Balaban J connectivity index is 1.10. The zero-order valence-corrected chi connectivity index (χ0v) is 20.2. The van der Waals surface area contributed by atoms with E-state index in [1.54, 1.807) is 18.5 Å². The molecule has 186 valence electrons. The predicted molar refractivity (Wildman–Crippen MR) is 139 cm³/mol. The van der Waals surface area contributed by atoms with Crippen LogP contribution in [0.2, 0.25) is 0 Å². The van der Waals surface area contributed by atoms with Gasteiger partial charge in [0.15, 0.2) is 0 Å². The van der Waals surface area contributed by atoms with Gasteiger partial charge in [-0.05, 0) is 62.2 Å². The number of likely N-dealkylation sites (tertiary alicyclic amines) is 1. The SMILES string of the molecule is O=c1cc(OCCCN2CCC(NCc3ccccc3F)CC2)c2ccc(-c3cccnc3)cc2o1. The first-order chi connectivity index (χ1) is 17.7. The van der Waals surface area contributed by atoms with Gasteiger partial charge in [-0.1, -0.05) is 30.3 Å². The number of benzene rings is 2. The summed E-state index contributed by atoms with van der Waals surface area (Å²) in [5, 5.41) is 4.27. The molecule has 2 aromatic carbocycles. The first kappa shape index (κ1) is 24.2.